The van der Waals surface area contributed by atoms with E-state index in [-0.39, 0.29) is 0 Å². The molecule has 0 radical (unpaired) electrons. The Labute approximate surface area is 103 Å². The van der Waals surface area contributed by atoms with Crippen LogP contribution in [0.1, 0.15) is 36.6 Å². The van der Waals surface area contributed by atoms with Gasteiger partial charge in [-0.05, 0) is 31.4 Å². The molecule has 2 unspecified atom stereocenters. The van der Waals surface area contributed by atoms with Crippen molar-refractivity contribution in [3.05, 3.63) is 21.9 Å². The monoisotopic (exact) mass is 241 g/mol. The van der Waals surface area contributed by atoms with Crippen molar-refractivity contribution in [3.8, 4) is 0 Å². The summed E-state index contributed by atoms with van der Waals surface area (Å²) in [6.45, 7) is 8.47. The summed E-state index contributed by atoms with van der Waals surface area (Å²) < 4.78 is 5.13. The van der Waals surface area contributed by atoms with Gasteiger partial charge in [-0.25, -0.2) is 0 Å². The lowest BCUT2D eigenvalue weighted by Gasteiger charge is -2.16. The lowest BCUT2D eigenvalue weighted by Crippen LogP contribution is -2.26. The van der Waals surface area contributed by atoms with Crippen LogP contribution in [0.25, 0.3) is 0 Å². The Morgan fingerprint density at radius 1 is 1.38 bits per heavy atom. The first-order valence-electron chi connectivity index (χ1n) is 5.98. The summed E-state index contributed by atoms with van der Waals surface area (Å²) in [5.74, 6) is 0.568. The number of aryl methyl sites for hydroxylation is 1. The lowest BCUT2D eigenvalue weighted by molar-refractivity contribution is 0.157. The van der Waals surface area contributed by atoms with Gasteiger partial charge in [-0.15, -0.1) is 11.3 Å². The van der Waals surface area contributed by atoms with E-state index >= 15 is 0 Å². The molecule has 92 valence electrons. The van der Waals surface area contributed by atoms with Crippen LogP contribution in [0.2, 0.25) is 0 Å². The zero-order valence-corrected chi connectivity index (χ0v) is 11.6. The fourth-order valence-electron chi connectivity index (χ4n) is 1.64. The van der Waals surface area contributed by atoms with Gasteiger partial charge in [0.2, 0.25) is 0 Å². The zero-order chi connectivity index (χ0) is 12.0. The van der Waals surface area contributed by atoms with Crippen LogP contribution >= 0.6 is 11.3 Å². The van der Waals surface area contributed by atoms with Crippen molar-refractivity contribution in [2.24, 2.45) is 5.92 Å². The number of rotatable bonds is 7. The van der Waals surface area contributed by atoms with Crippen LogP contribution in [0.4, 0.5) is 0 Å². The average Bonchev–Trinajstić information content (AvgIpc) is 2.75. The van der Waals surface area contributed by atoms with Crippen molar-refractivity contribution in [3.63, 3.8) is 0 Å². The van der Waals surface area contributed by atoms with Gasteiger partial charge in [0.1, 0.15) is 0 Å². The SMILES string of the molecule is CCc1ccc(C(C)NCC(C)COC)s1. The Bertz CT molecular complexity index is 298. The van der Waals surface area contributed by atoms with Crippen LogP contribution < -0.4 is 5.32 Å². The molecule has 2 nitrogen and oxygen atoms in total. The van der Waals surface area contributed by atoms with Crippen molar-refractivity contribution in [2.45, 2.75) is 33.2 Å². The van der Waals surface area contributed by atoms with E-state index < -0.39 is 0 Å². The Kier molecular flexibility index (Phi) is 6.03. The van der Waals surface area contributed by atoms with E-state index in [1.54, 1.807) is 7.11 Å². The molecule has 0 aliphatic rings. The van der Waals surface area contributed by atoms with Crippen LogP contribution in [0.3, 0.4) is 0 Å². The molecule has 0 fully saturated rings. The molecule has 1 heterocycles. The minimum atomic E-state index is 0.449. The van der Waals surface area contributed by atoms with E-state index in [9.17, 15) is 0 Å². The van der Waals surface area contributed by atoms with Gasteiger partial charge < -0.3 is 10.1 Å². The number of hydrogen-bond donors (Lipinski definition) is 1. The van der Waals surface area contributed by atoms with Crippen LogP contribution in [0, 0.1) is 5.92 Å². The van der Waals surface area contributed by atoms with Gasteiger partial charge in [-0.1, -0.05) is 13.8 Å². The van der Waals surface area contributed by atoms with Gasteiger partial charge in [-0.3, -0.25) is 0 Å². The normalized spacial score (nSPS) is 15.0. The summed E-state index contributed by atoms with van der Waals surface area (Å²) in [5.41, 5.74) is 0. The highest BCUT2D eigenvalue weighted by molar-refractivity contribution is 7.12. The molecule has 1 N–H and O–H groups in total. The molecule has 1 aromatic heterocycles. The maximum absolute atomic E-state index is 5.13. The zero-order valence-electron chi connectivity index (χ0n) is 10.7. The standard InChI is InChI=1S/C13H23NOS/c1-5-12-6-7-13(16-12)11(3)14-8-10(2)9-15-4/h6-7,10-11,14H,5,8-9H2,1-4H3. The third-order valence-corrected chi connectivity index (χ3v) is 4.09. The molecule has 0 saturated heterocycles. The molecule has 0 spiro atoms. The van der Waals surface area contributed by atoms with E-state index in [0.717, 1.165) is 19.6 Å². The second-order valence-corrected chi connectivity index (χ2v) is 5.55. The summed E-state index contributed by atoms with van der Waals surface area (Å²) in [6.07, 6.45) is 1.14. The smallest absolute Gasteiger partial charge is 0.0499 e. The van der Waals surface area contributed by atoms with Crippen molar-refractivity contribution < 1.29 is 4.74 Å². The average molecular weight is 241 g/mol. The third-order valence-electron chi connectivity index (χ3n) is 2.68. The molecule has 0 aliphatic carbocycles. The number of hydrogen-bond acceptors (Lipinski definition) is 3. The molecule has 0 aliphatic heterocycles. The first kappa shape index (κ1) is 13.7. The maximum atomic E-state index is 5.13. The number of methoxy groups -OCH3 is 1. The molecule has 1 rings (SSSR count). The predicted molar refractivity (Wildman–Crippen MR) is 71.2 cm³/mol. The second-order valence-electron chi connectivity index (χ2n) is 4.35. The summed E-state index contributed by atoms with van der Waals surface area (Å²) in [7, 11) is 1.76. The van der Waals surface area contributed by atoms with E-state index in [4.69, 9.17) is 4.74 Å². The number of ether oxygens (including phenoxy) is 1. The van der Waals surface area contributed by atoms with Gasteiger partial charge >= 0.3 is 0 Å². The van der Waals surface area contributed by atoms with Crippen molar-refractivity contribution >= 4 is 11.3 Å². The van der Waals surface area contributed by atoms with E-state index in [1.165, 1.54) is 9.75 Å². The van der Waals surface area contributed by atoms with Crippen LogP contribution in [-0.4, -0.2) is 20.3 Å². The van der Waals surface area contributed by atoms with Crippen molar-refractivity contribution in [2.75, 3.05) is 20.3 Å². The molecule has 0 saturated carbocycles. The van der Waals surface area contributed by atoms with Gasteiger partial charge in [0, 0.05) is 36.1 Å². The topological polar surface area (TPSA) is 21.3 Å². The fourth-order valence-corrected chi connectivity index (χ4v) is 2.62. The minimum absolute atomic E-state index is 0.449. The second kappa shape index (κ2) is 7.05. The molecule has 2 atom stereocenters. The molecular formula is C13H23NOS. The fraction of sp³-hybridized carbons (Fsp3) is 0.692. The van der Waals surface area contributed by atoms with Crippen LogP contribution in [-0.2, 0) is 11.2 Å². The molecule has 0 bridgehead atoms. The van der Waals surface area contributed by atoms with Crippen molar-refractivity contribution in [1.29, 1.82) is 0 Å². The first-order chi connectivity index (χ1) is 7.67. The highest BCUT2D eigenvalue weighted by Crippen LogP contribution is 2.23. The molecule has 3 heteroatoms. The van der Waals surface area contributed by atoms with Gasteiger partial charge in [0.05, 0.1) is 0 Å². The number of nitrogens with one attached hydrogen (secondary N) is 1. The summed E-state index contributed by atoms with van der Waals surface area (Å²) >= 11 is 1.91. The van der Waals surface area contributed by atoms with Crippen molar-refractivity contribution in [1.82, 2.24) is 5.32 Å². The molecule has 1 aromatic rings. The van der Waals surface area contributed by atoms with Gasteiger partial charge in [-0.2, -0.15) is 0 Å². The highest BCUT2D eigenvalue weighted by Gasteiger charge is 2.09. The summed E-state index contributed by atoms with van der Waals surface area (Å²) in [4.78, 5) is 2.90. The summed E-state index contributed by atoms with van der Waals surface area (Å²) in [5, 5.41) is 3.55. The van der Waals surface area contributed by atoms with Gasteiger partial charge in [0.25, 0.3) is 0 Å². The van der Waals surface area contributed by atoms with E-state index in [0.29, 0.717) is 12.0 Å². The van der Waals surface area contributed by atoms with E-state index in [2.05, 4.69) is 38.2 Å². The Balaban J connectivity index is 2.37. The highest BCUT2D eigenvalue weighted by atomic mass is 32.1. The van der Waals surface area contributed by atoms with E-state index in [1.807, 2.05) is 11.3 Å². The predicted octanol–water partition coefficient (Wildman–Crippen LogP) is 3.24. The lowest BCUT2D eigenvalue weighted by atomic mass is 10.2. The minimum Gasteiger partial charge on any atom is -0.384 e. The summed E-state index contributed by atoms with van der Waals surface area (Å²) in [6, 6.07) is 4.92. The largest absolute Gasteiger partial charge is 0.384 e. The van der Waals surface area contributed by atoms with Gasteiger partial charge in [0.15, 0.2) is 0 Å². The third kappa shape index (κ3) is 4.24. The number of thiophene rings is 1. The van der Waals surface area contributed by atoms with Crippen LogP contribution in [0.15, 0.2) is 12.1 Å². The molecular weight excluding hydrogens is 218 g/mol. The molecule has 16 heavy (non-hydrogen) atoms. The Morgan fingerprint density at radius 2 is 2.12 bits per heavy atom. The maximum Gasteiger partial charge on any atom is 0.0499 e. The Hall–Kier alpha value is -0.380. The molecule has 0 amide bonds. The first-order valence-corrected chi connectivity index (χ1v) is 6.80. The quantitative estimate of drug-likeness (QED) is 0.791. The van der Waals surface area contributed by atoms with Crippen LogP contribution in [0.5, 0.6) is 0 Å². The molecule has 0 aromatic carbocycles. The Morgan fingerprint density at radius 3 is 2.69 bits per heavy atom.